The summed E-state index contributed by atoms with van der Waals surface area (Å²) < 4.78 is 5.81. The van der Waals surface area contributed by atoms with Crippen molar-refractivity contribution >= 4 is 23.2 Å². The molecule has 0 radical (unpaired) electrons. The summed E-state index contributed by atoms with van der Waals surface area (Å²) in [6.45, 7) is 4.49. The van der Waals surface area contributed by atoms with Crippen molar-refractivity contribution in [1.29, 1.82) is 0 Å². The number of nitrogens with one attached hydrogen (secondary N) is 1. The summed E-state index contributed by atoms with van der Waals surface area (Å²) >= 11 is 12.1. The first-order chi connectivity index (χ1) is 10.2. The molecule has 2 aromatic carbocycles. The average Bonchev–Trinajstić information content (AvgIpc) is 2.49. The maximum atomic E-state index is 6.11. The van der Waals surface area contributed by atoms with Gasteiger partial charge in [0.15, 0.2) is 0 Å². The lowest BCUT2D eigenvalue weighted by Gasteiger charge is -2.12. The van der Waals surface area contributed by atoms with Gasteiger partial charge in [-0.25, -0.2) is 0 Å². The van der Waals surface area contributed by atoms with E-state index in [1.807, 2.05) is 12.1 Å². The van der Waals surface area contributed by atoms with E-state index < -0.39 is 0 Å². The summed E-state index contributed by atoms with van der Waals surface area (Å²) in [6, 6.07) is 13.5. The molecule has 0 spiro atoms. The van der Waals surface area contributed by atoms with E-state index in [2.05, 4.69) is 24.4 Å². The van der Waals surface area contributed by atoms with Gasteiger partial charge in [-0.2, -0.15) is 0 Å². The Kier molecular flexibility index (Phi) is 6.37. The molecule has 2 nitrogen and oxygen atoms in total. The normalized spacial score (nSPS) is 10.6. The third-order valence-electron chi connectivity index (χ3n) is 3.14. The molecular weight excluding hydrogens is 305 g/mol. The number of halogens is 2. The molecule has 2 aromatic rings. The van der Waals surface area contributed by atoms with Crippen molar-refractivity contribution in [1.82, 2.24) is 5.32 Å². The van der Waals surface area contributed by atoms with Gasteiger partial charge in [0, 0.05) is 17.6 Å². The standard InChI is InChI=1S/C17H19Cl2NO/c1-2-9-20-11-13-5-3-4-6-14(13)12-21-17-10-15(18)7-8-16(17)19/h3-8,10,20H,2,9,11-12H2,1H3. The van der Waals surface area contributed by atoms with Crippen LogP contribution in [0.3, 0.4) is 0 Å². The van der Waals surface area contributed by atoms with Crippen molar-refractivity contribution in [3.63, 3.8) is 0 Å². The third kappa shape index (κ3) is 4.92. The van der Waals surface area contributed by atoms with Crippen LogP contribution in [0.2, 0.25) is 10.0 Å². The molecule has 0 aliphatic rings. The fourth-order valence-electron chi connectivity index (χ4n) is 2.01. The minimum Gasteiger partial charge on any atom is -0.487 e. The van der Waals surface area contributed by atoms with Gasteiger partial charge in [-0.15, -0.1) is 0 Å². The van der Waals surface area contributed by atoms with Gasteiger partial charge in [0.1, 0.15) is 12.4 Å². The zero-order valence-corrected chi connectivity index (χ0v) is 13.5. The van der Waals surface area contributed by atoms with Crippen LogP contribution in [0.5, 0.6) is 5.75 Å². The predicted octanol–water partition coefficient (Wildman–Crippen LogP) is 5.07. The summed E-state index contributed by atoms with van der Waals surface area (Å²) in [5, 5.41) is 4.60. The maximum Gasteiger partial charge on any atom is 0.139 e. The van der Waals surface area contributed by atoms with Crippen LogP contribution in [0.1, 0.15) is 24.5 Å². The van der Waals surface area contributed by atoms with E-state index in [0.717, 1.165) is 25.1 Å². The minimum absolute atomic E-state index is 0.476. The number of hydrogen-bond acceptors (Lipinski definition) is 2. The molecule has 0 aliphatic carbocycles. The third-order valence-corrected chi connectivity index (χ3v) is 3.68. The van der Waals surface area contributed by atoms with Gasteiger partial charge < -0.3 is 10.1 Å². The number of benzene rings is 2. The van der Waals surface area contributed by atoms with E-state index in [1.165, 1.54) is 5.56 Å². The minimum atomic E-state index is 0.476. The van der Waals surface area contributed by atoms with Crippen LogP contribution in [0.25, 0.3) is 0 Å². The van der Waals surface area contributed by atoms with Crippen LogP contribution in [-0.4, -0.2) is 6.54 Å². The zero-order chi connectivity index (χ0) is 15.1. The van der Waals surface area contributed by atoms with Crippen LogP contribution < -0.4 is 10.1 Å². The molecule has 0 aromatic heterocycles. The first-order valence-corrected chi connectivity index (χ1v) is 7.81. The maximum absolute atomic E-state index is 6.11. The van der Waals surface area contributed by atoms with Crippen LogP contribution in [0, 0.1) is 0 Å². The molecule has 0 aliphatic heterocycles. The summed E-state index contributed by atoms with van der Waals surface area (Å²) in [5.74, 6) is 0.612. The van der Waals surface area contributed by atoms with E-state index in [-0.39, 0.29) is 0 Å². The van der Waals surface area contributed by atoms with Crippen molar-refractivity contribution in [2.45, 2.75) is 26.5 Å². The molecule has 0 saturated carbocycles. The predicted molar refractivity (Wildman–Crippen MR) is 89.2 cm³/mol. The fraction of sp³-hybridized carbons (Fsp3) is 0.294. The number of ether oxygens (including phenoxy) is 1. The second-order valence-corrected chi connectivity index (χ2v) is 5.65. The molecule has 0 atom stereocenters. The zero-order valence-electron chi connectivity index (χ0n) is 12.0. The quantitative estimate of drug-likeness (QED) is 0.718. The first kappa shape index (κ1) is 16.2. The number of rotatable bonds is 7. The molecule has 2 rings (SSSR count). The van der Waals surface area contributed by atoms with Crippen LogP contribution in [-0.2, 0) is 13.2 Å². The topological polar surface area (TPSA) is 21.3 Å². The highest BCUT2D eigenvalue weighted by atomic mass is 35.5. The van der Waals surface area contributed by atoms with E-state index in [1.54, 1.807) is 18.2 Å². The molecule has 0 heterocycles. The summed E-state index contributed by atoms with van der Waals surface area (Å²) in [4.78, 5) is 0. The van der Waals surface area contributed by atoms with Gasteiger partial charge in [-0.05, 0) is 36.2 Å². The van der Waals surface area contributed by atoms with E-state index in [4.69, 9.17) is 27.9 Å². The molecule has 1 N–H and O–H groups in total. The monoisotopic (exact) mass is 323 g/mol. The Labute approximate surface area is 136 Å². The highest BCUT2D eigenvalue weighted by Gasteiger charge is 2.06. The lowest BCUT2D eigenvalue weighted by molar-refractivity contribution is 0.305. The van der Waals surface area contributed by atoms with Gasteiger partial charge in [-0.3, -0.25) is 0 Å². The molecule has 4 heteroatoms. The molecular formula is C17H19Cl2NO. The van der Waals surface area contributed by atoms with Gasteiger partial charge >= 0.3 is 0 Å². The molecule has 0 amide bonds. The van der Waals surface area contributed by atoms with Crippen LogP contribution >= 0.6 is 23.2 Å². The van der Waals surface area contributed by atoms with Crippen molar-refractivity contribution < 1.29 is 4.74 Å². The number of hydrogen-bond donors (Lipinski definition) is 1. The lowest BCUT2D eigenvalue weighted by Crippen LogP contribution is -2.15. The molecule has 0 bridgehead atoms. The largest absolute Gasteiger partial charge is 0.487 e. The Morgan fingerprint density at radius 1 is 1.05 bits per heavy atom. The molecule has 112 valence electrons. The Morgan fingerprint density at radius 2 is 1.81 bits per heavy atom. The van der Waals surface area contributed by atoms with Gasteiger partial charge in [0.2, 0.25) is 0 Å². The van der Waals surface area contributed by atoms with Gasteiger partial charge in [-0.1, -0.05) is 54.4 Å². The van der Waals surface area contributed by atoms with Crippen molar-refractivity contribution in [3.05, 3.63) is 63.6 Å². The average molecular weight is 324 g/mol. The SMILES string of the molecule is CCCNCc1ccccc1COc1cc(Cl)ccc1Cl. The van der Waals surface area contributed by atoms with Crippen molar-refractivity contribution in [2.24, 2.45) is 0 Å². The fourth-order valence-corrected chi connectivity index (χ4v) is 2.35. The van der Waals surface area contributed by atoms with Crippen molar-refractivity contribution in [3.8, 4) is 5.75 Å². The van der Waals surface area contributed by atoms with Crippen LogP contribution in [0.15, 0.2) is 42.5 Å². The highest BCUT2D eigenvalue weighted by molar-refractivity contribution is 6.34. The first-order valence-electron chi connectivity index (χ1n) is 7.06. The van der Waals surface area contributed by atoms with Gasteiger partial charge in [0.25, 0.3) is 0 Å². The molecule has 0 unspecified atom stereocenters. The van der Waals surface area contributed by atoms with E-state index in [9.17, 15) is 0 Å². The van der Waals surface area contributed by atoms with E-state index >= 15 is 0 Å². The van der Waals surface area contributed by atoms with Gasteiger partial charge in [0.05, 0.1) is 5.02 Å². The summed E-state index contributed by atoms with van der Waals surface area (Å²) in [6.07, 6.45) is 1.12. The molecule has 0 fully saturated rings. The lowest BCUT2D eigenvalue weighted by atomic mass is 10.1. The Morgan fingerprint density at radius 3 is 2.57 bits per heavy atom. The second kappa shape index (κ2) is 8.28. The summed E-state index contributed by atoms with van der Waals surface area (Å²) in [7, 11) is 0. The van der Waals surface area contributed by atoms with E-state index in [0.29, 0.717) is 22.4 Å². The highest BCUT2D eigenvalue weighted by Crippen LogP contribution is 2.28. The van der Waals surface area contributed by atoms with Crippen molar-refractivity contribution in [2.75, 3.05) is 6.54 Å². The Balaban J connectivity index is 2.04. The van der Waals surface area contributed by atoms with Crippen LogP contribution in [0.4, 0.5) is 0 Å². The molecule has 21 heavy (non-hydrogen) atoms. The Bertz CT molecular complexity index is 587. The smallest absolute Gasteiger partial charge is 0.139 e. The molecule has 0 saturated heterocycles. The Hall–Kier alpha value is -1.22. The second-order valence-electron chi connectivity index (χ2n) is 4.81. The summed E-state index contributed by atoms with van der Waals surface area (Å²) in [5.41, 5.74) is 2.39.